The normalized spacial score (nSPS) is 6.92. The summed E-state index contributed by atoms with van der Waals surface area (Å²) in [7, 11) is 0. The van der Waals surface area contributed by atoms with E-state index in [1.54, 1.807) is 13.8 Å². The molecule has 0 aromatic heterocycles. The molecule has 0 radical (unpaired) electrons. The molecule has 6 heteroatoms. The fraction of sp³-hybridized carbons (Fsp3) is 0.900. The van der Waals surface area contributed by atoms with E-state index in [2.05, 4.69) is 41.5 Å². The minimum Gasteiger partial charge on any atom is -0.396 e. The maximum absolute atomic E-state index is 8.07. The first-order valence-corrected chi connectivity index (χ1v) is 9.51. The number of hydrogen-bond acceptors (Lipinski definition) is 4. The van der Waals surface area contributed by atoms with Crippen LogP contribution in [0.5, 0.6) is 0 Å². The number of aliphatic hydroxyl groups excluding tert-OH is 4. The standard InChI is InChI=1S/4C4H10O.2C2H5.Ti.Zn/c4*1-2-3-4-5;2*1-2;;/h4*5H,2-4H2,1H3;2*1H2,2H3;;/q;;;;2*-1;+2;. The van der Waals surface area contributed by atoms with Gasteiger partial charge < -0.3 is 34.3 Å². The molecule has 0 heterocycles. The molecule has 0 aromatic rings. The number of hydrogen-bond donors (Lipinski definition) is 4. The van der Waals surface area contributed by atoms with Crippen LogP contribution in [0.25, 0.3) is 0 Å². The number of rotatable bonds is 8. The Labute approximate surface area is 194 Å². The quantitative estimate of drug-likeness (QED) is 0.305. The second-order valence-electron chi connectivity index (χ2n) is 4.31. The van der Waals surface area contributed by atoms with Gasteiger partial charge in [-0.2, -0.15) is 13.8 Å². The van der Waals surface area contributed by atoms with Gasteiger partial charge in [-0.25, -0.2) is 0 Å². The Morgan fingerprint density at radius 1 is 0.462 bits per heavy atom. The van der Waals surface area contributed by atoms with E-state index in [1.807, 2.05) is 0 Å². The van der Waals surface area contributed by atoms with Gasteiger partial charge >= 0.3 is 21.7 Å². The first-order valence-electron chi connectivity index (χ1n) is 9.51. The van der Waals surface area contributed by atoms with Crippen LogP contribution in [0, 0.1) is 13.8 Å². The second kappa shape index (κ2) is 95.6. The van der Waals surface area contributed by atoms with Gasteiger partial charge in [-0.3, -0.25) is 0 Å². The van der Waals surface area contributed by atoms with Gasteiger partial charge in [-0.15, -0.1) is 0 Å². The molecule has 0 unspecified atom stereocenters. The molecule has 0 aromatic carbocycles. The summed E-state index contributed by atoms with van der Waals surface area (Å²) >= 11 is 0. The Balaban J connectivity index is -0.0000000254. The summed E-state index contributed by atoms with van der Waals surface area (Å²) in [5, 5.41) is 32.3. The van der Waals surface area contributed by atoms with Gasteiger partial charge in [0.1, 0.15) is 0 Å². The molecule has 0 aliphatic heterocycles. The van der Waals surface area contributed by atoms with Crippen molar-refractivity contribution in [3.8, 4) is 0 Å². The van der Waals surface area contributed by atoms with Gasteiger partial charge in [0.15, 0.2) is 0 Å². The van der Waals surface area contributed by atoms with Crippen LogP contribution < -0.4 is 0 Å². The summed E-state index contributed by atoms with van der Waals surface area (Å²) in [6.45, 7) is 19.6. The number of unbranched alkanes of at least 4 members (excludes halogenated alkanes) is 4. The molecule has 0 rings (SSSR count). The van der Waals surface area contributed by atoms with E-state index in [9.17, 15) is 0 Å². The molecule has 0 amide bonds. The largest absolute Gasteiger partial charge is 2.00 e. The van der Waals surface area contributed by atoms with Crippen molar-refractivity contribution in [3.05, 3.63) is 13.8 Å². The molecule has 0 fully saturated rings. The Hall–Kier alpha value is 1.18. The Bertz CT molecular complexity index is 81.8. The summed E-state index contributed by atoms with van der Waals surface area (Å²) in [5.41, 5.74) is 0. The van der Waals surface area contributed by atoms with E-state index < -0.39 is 0 Å². The van der Waals surface area contributed by atoms with Crippen LogP contribution in [0.2, 0.25) is 0 Å². The van der Waals surface area contributed by atoms with Crippen molar-refractivity contribution in [1.29, 1.82) is 0 Å². The average Bonchev–Trinajstić information content (AvgIpc) is 2.63. The van der Waals surface area contributed by atoms with E-state index >= 15 is 0 Å². The van der Waals surface area contributed by atoms with Crippen molar-refractivity contribution in [2.75, 3.05) is 26.4 Å². The molecule has 0 aliphatic carbocycles. The molecule has 160 valence electrons. The molecule has 0 bridgehead atoms. The fourth-order valence-electron chi connectivity index (χ4n) is 0.632. The van der Waals surface area contributed by atoms with Gasteiger partial charge in [0.05, 0.1) is 0 Å². The number of aliphatic hydroxyl groups is 4. The zero-order valence-electron chi connectivity index (χ0n) is 18.9. The second-order valence-corrected chi connectivity index (χ2v) is 4.31. The smallest absolute Gasteiger partial charge is 0.396 e. The van der Waals surface area contributed by atoms with Crippen molar-refractivity contribution >= 4 is 0 Å². The summed E-state index contributed by atoms with van der Waals surface area (Å²) in [4.78, 5) is 0. The first kappa shape index (κ1) is 50.6. The van der Waals surface area contributed by atoms with Crippen LogP contribution in [-0.2, 0) is 41.2 Å². The summed E-state index contributed by atoms with van der Waals surface area (Å²) in [6, 6.07) is 0. The molecule has 0 spiro atoms. The van der Waals surface area contributed by atoms with Gasteiger partial charge in [0.2, 0.25) is 0 Å². The van der Waals surface area contributed by atoms with Crippen LogP contribution in [0.4, 0.5) is 0 Å². The molecule has 0 atom stereocenters. The third-order valence-corrected chi connectivity index (χ3v) is 2.05. The molecular weight excluding hydrogens is 417 g/mol. The summed E-state index contributed by atoms with van der Waals surface area (Å²) in [6.07, 6.45) is 8.15. The van der Waals surface area contributed by atoms with Crippen LogP contribution >= 0.6 is 0 Å². The van der Waals surface area contributed by atoms with Crippen LogP contribution in [0.1, 0.15) is 92.9 Å². The topological polar surface area (TPSA) is 80.9 Å². The summed E-state index contributed by atoms with van der Waals surface area (Å²) in [5.74, 6) is 0. The monoisotopic (exact) mass is 466 g/mol. The van der Waals surface area contributed by atoms with Gasteiger partial charge in [-0.1, -0.05) is 53.4 Å². The molecule has 0 saturated heterocycles. The van der Waals surface area contributed by atoms with E-state index in [-0.39, 0.29) is 41.2 Å². The maximum atomic E-state index is 8.07. The van der Waals surface area contributed by atoms with Crippen LogP contribution in [0.15, 0.2) is 0 Å². The zero-order valence-corrected chi connectivity index (χ0v) is 23.4. The molecule has 0 aliphatic rings. The minimum absolute atomic E-state index is 0. The maximum Gasteiger partial charge on any atom is 2.00 e. The Morgan fingerprint density at radius 2 is 0.577 bits per heavy atom. The van der Waals surface area contributed by atoms with Crippen LogP contribution in [0.3, 0.4) is 0 Å². The molecule has 0 saturated carbocycles. The van der Waals surface area contributed by atoms with Gasteiger partial charge in [-0.05, 0) is 25.7 Å². The van der Waals surface area contributed by atoms with E-state index in [0.717, 1.165) is 51.4 Å². The third-order valence-electron chi connectivity index (χ3n) is 2.05. The first-order chi connectivity index (χ1) is 11.7. The fourth-order valence-corrected chi connectivity index (χ4v) is 0.632. The summed E-state index contributed by atoms with van der Waals surface area (Å²) < 4.78 is 0. The van der Waals surface area contributed by atoms with E-state index in [1.165, 1.54) is 0 Å². The molecule has 4 N–H and O–H groups in total. The Kier molecular flexibility index (Phi) is 186. The SMILES string of the molecule is CCCCO.CCCCO.CCCCO.CCCCO.[CH2-]C.[CH2-]C.[Ti+2].[Zn]. The van der Waals surface area contributed by atoms with Crippen LogP contribution in [-0.4, -0.2) is 46.9 Å². The van der Waals surface area contributed by atoms with Crippen molar-refractivity contribution in [2.45, 2.75) is 92.9 Å². The minimum atomic E-state index is 0. The molecular formula is C20H50O4TiZn. The van der Waals surface area contributed by atoms with Gasteiger partial charge in [0.25, 0.3) is 0 Å². The van der Waals surface area contributed by atoms with E-state index in [0.29, 0.717) is 26.4 Å². The Morgan fingerprint density at radius 3 is 0.577 bits per heavy atom. The average molecular weight is 468 g/mol. The van der Waals surface area contributed by atoms with Crippen molar-refractivity contribution < 1.29 is 61.6 Å². The van der Waals surface area contributed by atoms with Crippen molar-refractivity contribution in [2.24, 2.45) is 0 Å². The van der Waals surface area contributed by atoms with E-state index in [4.69, 9.17) is 20.4 Å². The molecule has 26 heavy (non-hydrogen) atoms. The molecule has 4 nitrogen and oxygen atoms in total. The predicted octanol–water partition coefficient (Wildman–Crippen LogP) is 4.79. The predicted molar refractivity (Wildman–Crippen MR) is 110 cm³/mol. The van der Waals surface area contributed by atoms with Gasteiger partial charge in [0, 0.05) is 45.9 Å². The third kappa shape index (κ3) is 175. The van der Waals surface area contributed by atoms with Crippen molar-refractivity contribution in [3.63, 3.8) is 0 Å². The van der Waals surface area contributed by atoms with Crippen molar-refractivity contribution in [1.82, 2.24) is 0 Å². The zero-order chi connectivity index (χ0) is 20.5.